The zero-order chi connectivity index (χ0) is 33.8. The van der Waals surface area contributed by atoms with Crippen molar-refractivity contribution in [2.75, 3.05) is 0 Å². The van der Waals surface area contributed by atoms with E-state index in [4.69, 9.17) is 18.8 Å². The zero-order valence-electron chi connectivity index (χ0n) is 26.6. The summed E-state index contributed by atoms with van der Waals surface area (Å²) in [7, 11) is 0. The van der Waals surface area contributed by atoms with Crippen LogP contribution in [0.3, 0.4) is 0 Å². The third kappa shape index (κ3) is 3.84. The number of fused-ring (bicyclic) bond motifs is 13. The third-order valence-corrected chi connectivity index (χ3v) is 11.2. The van der Waals surface area contributed by atoms with Crippen molar-refractivity contribution in [2.45, 2.75) is 0 Å². The first-order chi connectivity index (χ1) is 25.2. The van der Waals surface area contributed by atoms with E-state index in [1.54, 1.807) is 11.3 Å². The molecule has 4 aromatic heterocycles. The lowest BCUT2D eigenvalue weighted by atomic mass is 9.96. The molecule has 234 valence electrons. The van der Waals surface area contributed by atoms with Crippen molar-refractivity contribution >= 4 is 98.8 Å². The summed E-state index contributed by atoms with van der Waals surface area (Å²) >= 11 is 1.62. The average molecular weight is 669 g/mol. The molecule has 4 heterocycles. The summed E-state index contributed by atoms with van der Waals surface area (Å²) in [4.78, 5) is 12.8. The molecule has 11 aromatic rings. The fourth-order valence-electron chi connectivity index (χ4n) is 7.63. The summed E-state index contributed by atoms with van der Waals surface area (Å²) in [6, 6.07) is 44.6. The number of furan rings is 2. The summed E-state index contributed by atoms with van der Waals surface area (Å²) in [6.07, 6.45) is 0. The number of hydrogen-bond donors (Lipinski definition) is 0. The Kier molecular flexibility index (Phi) is 5.58. The standard InChI is InChI=1S/C44H20N4O2S/c45-21-23-15-17-25-26-18-16-24(22-46)20-34(26)38-37(33(25)19-23)47-39-40(48-38)44(32-12-6-10-30-28-8-2-4-14-36(28)50-42(30)32)51-43(39)31-11-5-9-29-27-7-1-3-13-35(27)49-41(29)31/h1-20H. The number of aromatic nitrogens is 2. The van der Waals surface area contributed by atoms with Crippen LogP contribution in [0.25, 0.3) is 108 Å². The van der Waals surface area contributed by atoms with Crippen LogP contribution in [0.5, 0.6) is 0 Å². The topological polar surface area (TPSA) is 99.6 Å². The normalized spacial score (nSPS) is 11.9. The molecule has 6 nitrogen and oxygen atoms in total. The van der Waals surface area contributed by atoms with E-state index in [-0.39, 0.29) is 0 Å². The van der Waals surface area contributed by atoms with Gasteiger partial charge in [0.05, 0.1) is 44.1 Å². The van der Waals surface area contributed by atoms with Crippen LogP contribution in [-0.4, -0.2) is 9.97 Å². The Balaban J connectivity index is 1.34. The first kappa shape index (κ1) is 27.8. The van der Waals surface area contributed by atoms with Crippen molar-refractivity contribution in [1.82, 2.24) is 9.97 Å². The second-order valence-electron chi connectivity index (χ2n) is 12.7. The Morgan fingerprint density at radius 3 is 1.35 bits per heavy atom. The number of para-hydroxylation sites is 4. The molecule has 51 heavy (non-hydrogen) atoms. The molecular formula is C44H20N4O2S. The monoisotopic (exact) mass is 668 g/mol. The lowest BCUT2D eigenvalue weighted by Gasteiger charge is -2.11. The van der Waals surface area contributed by atoms with Crippen molar-refractivity contribution in [3.05, 3.63) is 132 Å². The van der Waals surface area contributed by atoms with Crippen molar-refractivity contribution in [1.29, 1.82) is 10.5 Å². The van der Waals surface area contributed by atoms with Crippen LogP contribution >= 0.6 is 11.3 Å². The van der Waals surface area contributed by atoms with Gasteiger partial charge in [-0.25, -0.2) is 9.97 Å². The van der Waals surface area contributed by atoms with Crippen LogP contribution < -0.4 is 0 Å². The molecular weight excluding hydrogens is 649 g/mol. The maximum Gasteiger partial charge on any atom is 0.144 e. The molecule has 0 amide bonds. The molecule has 0 radical (unpaired) electrons. The van der Waals surface area contributed by atoms with Crippen LogP contribution in [0.4, 0.5) is 0 Å². The molecule has 0 atom stereocenters. The summed E-state index contributed by atoms with van der Waals surface area (Å²) in [5, 5.41) is 27.5. The fraction of sp³-hybridized carbons (Fsp3) is 0. The van der Waals surface area contributed by atoms with Crippen molar-refractivity contribution < 1.29 is 8.83 Å². The van der Waals surface area contributed by atoms with Gasteiger partial charge >= 0.3 is 0 Å². The predicted molar refractivity (Wildman–Crippen MR) is 205 cm³/mol. The largest absolute Gasteiger partial charge is 0.455 e. The lowest BCUT2D eigenvalue weighted by molar-refractivity contribution is 0.670. The highest BCUT2D eigenvalue weighted by Crippen LogP contribution is 2.49. The van der Waals surface area contributed by atoms with E-state index in [2.05, 4.69) is 60.7 Å². The number of benzene rings is 7. The molecule has 0 fully saturated rings. The van der Waals surface area contributed by atoms with Gasteiger partial charge in [-0.3, -0.25) is 0 Å². The number of nitriles is 2. The Hall–Kier alpha value is -7.06. The van der Waals surface area contributed by atoms with Gasteiger partial charge in [0.15, 0.2) is 0 Å². The summed E-state index contributed by atoms with van der Waals surface area (Å²) < 4.78 is 13.1. The molecule has 0 saturated carbocycles. The van der Waals surface area contributed by atoms with Gasteiger partial charge in [-0.05, 0) is 59.3 Å². The minimum atomic E-state index is 0.536. The lowest BCUT2D eigenvalue weighted by Crippen LogP contribution is -1.93. The number of nitrogens with zero attached hydrogens (tertiary/aromatic N) is 4. The second-order valence-corrected chi connectivity index (χ2v) is 13.7. The minimum absolute atomic E-state index is 0.536. The van der Waals surface area contributed by atoms with E-state index < -0.39 is 0 Å². The first-order valence-electron chi connectivity index (χ1n) is 16.4. The molecule has 0 aliphatic rings. The van der Waals surface area contributed by atoms with Crippen molar-refractivity contribution in [3.8, 4) is 33.0 Å². The van der Waals surface area contributed by atoms with E-state index in [0.29, 0.717) is 22.2 Å². The minimum Gasteiger partial charge on any atom is -0.455 e. The SMILES string of the molecule is N#Cc1ccc2c3ccc(C#N)cc3c3nc4c(-c5cccc6c5oc5ccccc56)sc(-c5cccc6c5oc5ccccc56)c4nc3c2c1. The molecule has 0 spiro atoms. The van der Waals surface area contributed by atoms with Crippen LogP contribution in [0.15, 0.2) is 130 Å². The molecule has 11 rings (SSSR count). The van der Waals surface area contributed by atoms with E-state index in [0.717, 1.165) is 97.3 Å². The van der Waals surface area contributed by atoms with E-state index in [1.807, 2.05) is 72.8 Å². The quantitative estimate of drug-likeness (QED) is 0.170. The summed E-state index contributed by atoms with van der Waals surface area (Å²) in [5.74, 6) is 0. The van der Waals surface area contributed by atoms with Gasteiger partial charge in [-0.1, -0.05) is 72.8 Å². The Morgan fingerprint density at radius 1 is 0.431 bits per heavy atom. The Bertz CT molecular complexity index is 3180. The van der Waals surface area contributed by atoms with Crippen LogP contribution in [-0.2, 0) is 0 Å². The molecule has 0 unspecified atom stereocenters. The second kappa shape index (κ2) is 10.2. The Labute approximate surface area is 292 Å². The van der Waals surface area contributed by atoms with Gasteiger partial charge < -0.3 is 8.83 Å². The molecule has 7 aromatic carbocycles. The molecule has 0 bridgehead atoms. The van der Waals surface area contributed by atoms with Gasteiger partial charge in [0, 0.05) is 43.4 Å². The van der Waals surface area contributed by atoms with Crippen LogP contribution in [0.1, 0.15) is 11.1 Å². The Morgan fingerprint density at radius 2 is 0.882 bits per heavy atom. The zero-order valence-corrected chi connectivity index (χ0v) is 27.4. The van der Waals surface area contributed by atoms with Gasteiger partial charge in [0.1, 0.15) is 33.4 Å². The van der Waals surface area contributed by atoms with Crippen molar-refractivity contribution in [3.63, 3.8) is 0 Å². The number of hydrogen-bond acceptors (Lipinski definition) is 7. The van der Waals surface area contributed by atoms with Crippen molar-refractivity contribution in [2.24, 2.45) is 0 Å². The van der Waals surface area contributed by atoms with Gasteiger partial charge in [0.2, 0.25) is 0 Å². The highest BCUT2D eigenvalue weighted by Gasteiger charge is 2.25. The van der Waals surface area contributed by atoms with Crippen LogP contribution in [0, 0.1) is 22.7 Å². The van der Waals surface area contributed by atoms with Gasteiger partial charge in [-0.15, -0.1) is 11.3 Å². The van der Waals surface area contributed by atoms with E-state index in [9.17, 15) is 10.5 Å². The molecule has 7 heteroatoms. The number of thiophene rings is 1. The smallest absolute Gasteiger partial charge is 0.144 e. The third-order valence-electron chi connectivity index (χ3n) is 9.93. The predicted octanol–water partition coefficient (Wildman–Crippen LogP) is 12.0. The number of rotatable bonds is 2. The average Bonchev–Trinajstić information content (AvgIpc) is 3.88. The molecule has 0 N–H and O–H groups in total. The highest BCUT2D eigenvalue weighted by molar-refractivity contribution is 7.21. The summed E-state index contributed by atoms with van der Waals surface area (Å²) in [5.41, 5.74) is 8.90. The highest BCUT2D eigenvalue weighted by atomic mass is 32.1. The van der Waals surface area contributed by atoms with E-state index in [1.165, 1.54) is 0 Å². The van der Waals surface area contributed by atoms with E-state index >= 15 is 0 Å². The van der Waals surface area contributed by atoms with Gasteiger partial charge in [0.25, 0.3) is 0 Å². The maximum absolute atomic E-state index is 9.90. The van der Waals surface area contributed by atoms with Gasteiger partial charge in [-0.2, -0.15) is 10.5 Å². The molecule has 0 aliphatic heterocycles. The first-order valence-corrected chi connectivity index (χ1v) is 17.3. The molecule has 0 aliphatic carbocycles. The molecule has 0 saturated heterocycles. The fourth-order valence-corrected chi connectivity index (χ4v) is 8.86. The summed E-state index contributed by atoms with van der Waals surface area (Å²) in [6.45, 7) is 0. The maximum atomic E-state index is 9.90. The van der Waals surface area contributed by atoms with Crippen LogP contribution in [0.2, 0.25) is 0 Å².